The molecule has 1 amide bonds. The van der Waals surface area contributed by atoms with Crippen molar-refractivity contribution < 1.29 is 4.79 Å². The van der Waals surface area contributed by atoms with Gasteiger partial charge in [-0.25, -0.2) is 4.98 Å². The number of carbonyl (C=O) groups excluding carboxylic acids is 1. The maximum Gasteiger partial charge on any atom is 0.271 e. The summed E-state index contributed by atoms with van der Waals surface area (Å²) in [5, 5.41) is 2.67. The average molecular weight is 310 g/mol. The van der Waals surface area contributed by atoms with Gasteiger partial charge in [-0.2, -0.15) is 0 Å². The number of anilines is 1. The Hall–Kier alpha value is -2.89. The van der Waals surface area contributed by atoms with Crippen molar-refractivity contribution in [2.24, 2.45) is 0 Å². The number of nitrogens with one attached hydrogen (secondary N) is 2. The Labute approximate surface area is 133 Å². The molecule has 0 atom stereocenters. The van der Waals surface area contributed by atoms with E-state index in [4.69, 9.17) is 0 Å². The quantitative estimate of drug-likeness (QED) is 0.776. The van der Waals surface area contributed by atoms with Gasteiger partial charge in [0.15, 0.2) is 0 Å². The van der Waals surface area contributed by atoms with Gasteiger partial charge in [0.2, 0.25) is 5.91 Å². The van der Waals surface area contributed by atoms with Crippen LogP contribution in [0.5, 0.6) is 0 Å². The van der Waals surface area contributed by atoms with E-state index < -0.39 is 0 Å². The summed E-state index contributed by atoms with van der Waals surface area (Å²) in [7, 11) is 0. The van der Waals surface area contributed by atoms with E-state index in [0.29, 0.717) is 6.54 Å². The second-order valence-electron chi connectivity index (χ2n) is 5.55. The van der Waals surface area contributed by atoms with Crippen molar-refractivity contribution in [1.29, 1.82) is 0 Å². The molecule has 0 bridgehead atoms. The Balaban J connectivity index is 1.68. The van der Waals surface area contributed by atoms with Crippen LogP contribution in [0.3, 0.4) is 0 Å². The topological polar surface area (TPSA) is 79.8 Å². The number of para-hydroxylation sites is 2. The van der Waals surface area contributed by atoms with Gasteiger partial charge in [-0.3, -0.25) is 9.59 Å². The predicted molar refractivity (Wildman–Crippen MR) is 89.5 cm³/mol. The number of fused-ring (bicyclic) bond motifs is 1. The largest absolute Gasteiger partial charge is 0.330 e. The zero-order valence-corrected chi connectivity index (χ0v) is 13.1. The number of hydrogen-bond acceptors (Lipinski definition) is 3. The zero-order valence-electron chi connectivity index (χ0n) is 13.1. The van der Waals surface area contributed by atoms with Crippen LogP contribution < -0.4 is 10.9 Å². The number of aryl methyl sites for hydroxylation is 3. The monoisotopic (exact) mass is 310 g/mol. The number of carbonyl (C=O) groups is 1. The first-order chi connectivity index (χ1) is 11.0. The molecular weight excluding hydrogens is 292 g/mol. The summed E-state index contributed by atoms with van der Waals surface area (Å²) >= 11 is 0. The summed E-state index contributed by atoms with van der Waals surface area (Å²) in [5.41, 5.74) is 3.63. The van der Waals surface area contributed by atoms with Gasteiger partial charge in [-0.05, 0) is 37.6 Å². The summed E-state index contributed by atoms with van der Waals surface area (Å²) in [6.07, 6.45) is 1.99. The molecule has 2 N–H and O–H groups in total. The first-order valence-corrected chi connectivity index (χ1v) is 7.45. The lowest BCUT2D eigenvalue weighted by Gasteiger charge is -2.08. The Morgan fingerprint density at radius 1 is 1.30 bits per heavy atom. The van der Waals surface area contributed by atoms with Crippen LogP contribution in [0.4, 0.5) is 5.69 Å². The Kier molecular flexibility index (Phi) is 3.97. The first-order valence-electron chi connectivity index (χ1n) is 7.45. The lowest BCUT2D eigenvalue weighted by Crippen LogP contribution is -2.21. The highest BCUT2D eigenvalue weighted by atomic mass is 16.2. The number of H-pyrrole nitrogens is 1. The number of benzene rings is 1. The van der Waals surface area contributed by atoms with Crippen molar-refractivity contribution in [2.75, 3.05) is 5.32 Å². The lowest BCUT2D eigenvalue weighted by atomic mass is 10.2. The molecule has 3 aromatic rings. The molecular formula is C17H18N4O2. The molecule has 6 nitrogen and oxygen atoms in total. The maximum absolute atomic E-state index is 12.1. The molecule has 0 aliphatic heterocycles. The Morgan fingerprint density at radius 3 is 2.91 bits per heavy atom. The minimum absolute atomic E-state index is 0.198. The summed E-state index contributed by atoms with van der Waals surface area (Å²) < 4.78 is 1.93. The van der Waals surface area contributed by atoms with Crippen molar-refractivity contribution in [3.05, 3.63) is 58.3 Å². The van der Waals surface area contributed by atoms with Gasteiger partial charge in [-0.1, -0.05) is 12.1 Å². The number of hydrogen-bond donors (Lipinski definition) is 2. The molecule has 6 heteroatoms. The molecule has 3 rings (SSSR count). The van der Waals surface area contributed by atoms with Gasteiger partial charge in [0.05, 0.1) is 17.4 Å². The van der Waals surface area contributed by atoms with Crippen LogP contribution in [-0.2, 0) is 11.3 Å². The second-order valence-corrected chi connectivity index (χ2v) is 5.55. The third-order valence-corrected chi connectivity index (χ3v) is 3.88. The fourth-order valence-electron chi connectivity index (χ4n) is 2.44. The SMILES string of the molecule is Cc1cc(NC(=O)CCn2cnc3ccccc32)c(=O)[nH]c1C. The summed E-state index contributed by atoms with van der Waals surface area (Å²) in [4.78, 5) is 31.0. The molecule has 2 heterocycles. The van der Waals surface area contributed by atoms with Crippen LogP contribution in [0.15, 0.2) is 41.5 Å². The minimum atomic E-state index is -0.283. The molecule has 2 aromatic heterocycles. The second kappa shape index (κ2) is 6.08. The van der Waals surface area contributed by atoms with E-state index in [9.17, 15) is 9.59 Å². The minimum Gasteiger partial charge on any atom is -0.330 e. The van der Waals surface area contributed by atoms with E-state index >= 15 is 0 Å². The average Bonchev–Trinajstić information content (AvgIpc) is 2.94. The smallest absolute Gasteiger partial charge is 0.271 e. The molecule has 0 spiro atoms. The first kappa shape index (κ1) is 15.0. The van der Waals surface area contributed by atoms with Crippen LogP contribution in [0.1, 0.15) is 17.7 Å². The molecule has 1 aromatic carbocycles. The molecule has 0 fully saturated rings. The molecule has 0 saturated carbocycles. The van der Waals surface area contributed by atoms with Gasteiger partial charge in [0, 0.05) is 18.7 Å². The molecule has 118 valence electrons. The molecule has 23 heavy (non-hydrogen) atoms. The number of rotatable bonds is 4. The predicted octanol–water partition coefficient (Wildman–Crippen LogP) is 2.37. The van der Waals surface area contributed by atoms with Crippen molar-refractivity contribution in [3.8, 4) is 0 Å². The van der Waals surface area contributed by atoms with E-state index in [0.717, 1.165) is 22.3 Å². The van der Waals surface area contributed by atoms with Gasteiger partial charge >= 0.3 is 0 Å². The van der Waals surface area contributed by atoms with Gasteiger partial charge < -0.3 is 14.9 Å². The number of imidazole rings is 1. The number of aromatic nitrogens is 3. The third kappa shape index (κ3) is 3.15. The maximum atomic E-state index is 12.1. The number of amides is 1. The highest BCUT2D eigenvalue weighted by Crippen LogP contribution is 2.12. The van der Waals surface area contributed by atoms with Gasteiger partial charge in [-0.15, -0.1) is 0 Å². The van der Waals surface area contributed by atoms with Gasteiger partial charge in [0.25, 0.3) is 5.56 Å². The van der Waals surface area contributed by atoms with E-state index in [1.165, 1.54) is 0 Å². The molecule has 0 aliphatic rings. The van der Waals surface area contributed by atoms with E-state index in [-0.39, 0.29) is 23.6 Å². The molecule has 0 unspecified atom stereocenters. The van der Waals surface area contributed by atoms with E-state index in [1.807, 2.05) is 42.7 Å². The normalized spacial score (nSPS) is 10.9. The van der Waals surface area contributed by atoms with Crippen LogP contribution in [0, 0.1) is 13.8 Å². The highest BCUT2D eigenvalue weighted by Gasteiger charge is 2.09. The van der Waals surface area contributed by atoms with E-state index in [1.54, 1.807) is 12.4 Å². The number of nitrogens with zero attached hydrogens (tertiary/aromatic N) is 2. The fraction of sp³-hybridized carbons (Fsp3) is 0.235. The van der Waals surface area contributed by atoms with Crippen LogP contribution in [0.25, 0.3) is 11.0 Å². The van der Waals surface area contributed by atoms with Crippen molar-refractivity contribution in [1.82, 2.24) is 14.5 Å². The molecule has 0 radical (unpaired) electrons. The lowest BCUT2D eigenvalue weighted by molar-refractivity contribution is -0.116. The Morgan fingerprint density at radius 2 is 2.09 bits per heavy atom. The fourth-order valence-corrected chi connectivity index (χ4v) is 2.44. The Bertz CT molecular complexity index is 924. The van der Waals surface area contributed by atoms with Crippen LogP contribution in [-0.4, -0.2) is 20.4 Å². The standard InChI is InChI=1S/C17H18N4O2/c1-11-9-14(17(23)19-12(11)2)20-16(22)7-8-21-10-18-13-5-3-4-6-15(13)21/h3-6,9-10H,7-8H2,1-2H3,(H,19,23)(H,20,22). The highest BCUT2D eigenvalue weighted by molar-refractivity contribution is 5.90. The summed E-state index contributed by atoms with van der Waals surface area (Å²) in [5.74, 6) is -0.198. The summed E-state index contributed by atoms with van der Waals surface area (Å²) in [6, 6.07) is 9.46. The molecule has 0 saturated heterocycles. The van der Waals surface area contributed by atoms with Crippen LogP contribution in [0.2, 0.25) is 0 Å². The number of aromatic amines is 1. The van der Waals surface area contributed by atoms with Gasteiger partial charge in [0.1, 0.15) is 5.69 Å². The number of pyridine rings is 1. The summed E-state index contributed by atoms with van der Waals surface area (Å²) in [6.45, 7) is 4.22. The zero-order chi connectivity index (χ0) is 16.4. The third-order valence-electron chi connectivity index (χ3n) is 3.88. The van der Waals surface area contributed by atoms with Crippen molar-refractivity contribution >= 4 is 22.6 Å². The molecule has 0 aliphatic carbocycles. The van der Waals surface area contributed by atoms with E-state index in [2.05, 4.69) is 15.3 Å². The van der Waals surface area contributed by atoms with Crippen LogP contribution >= 0.6 is 0 Å². The van der Waals surface area contributed by atoms with Crippen molar-refractivity contribution in [3.63, 3.8) is 0 Å². The van der Waals surface area contributed by atoms with Crippen molar-refractivity contribution in [2.45, 2.75) is 26.8 Å².